The highest BCUT2D eigenvalue weighted by Crippen LogP contribution is 2.31. The van der Waals surface area contributed by atoms with Gasteiger partial charge in [0.15, 0.2) is 5.60 Å². The maximum Gasteiger partial charge on any atom is 0.416 e. The first-order chi connectivity index (χ1) is 8.54. The molecule has 1 rings (SSSR count). The number of carboxylic acids is 1. The Bertz CT molecular complexity index is 485. The van der Waals surface area contributed by atoms with Crippen molar-refractivity contribution in [3.05, 3.63) is 29.6 Å². The first-order valence-corrected chi connectivity index (χ1v) is 5.10. The van der Waals surface area contributed by atoms with Crippen LogP contribution in [0.15, 0.2) is 18.2 Å². The van der Waals surface area contributed by atoms with Crippen molar-refractivity contribution in [3.8, 4) is 0 Å². The number of nitrogens with one attached hydrogen (secondary N) is 1. The molecule has 4 nitrogen and oxygen atoms in total. The Balaban J connectivity index is 2.93. The molecule has 3 N–H and O–H groups in total. The minimum absolute atomic E-state index is 0.507. The largest absolute Gasteiger partial charge is 0.479 e. The number of benzene rings is 1. The Hall–Kier alpha value is -1.83. The van der Waals surface area contributed by atoms with Gasteiger partial charge in [0, 0.05) is 0 Å². The molecule has 0 aromatic heterocycles. The van der Waals surface area contributed by atoms with Gasteiger partial charge in [-0.05, 0) is 25.1 Å². The smallest absolute Gasteiger partial charge is 0.416 e. The fourth-order valence-electron chi connectivity index (χ4n) is 1.18. The molecular weight excluding hydrogens is 270 g/mol. The summed E-state index contributed by atoms with van der Waals surface area (Å²) in [5.74, 6) is -2.55. The van der Waals surface area contributed by atoms with Gasteiger partial charge in [-0.1, -0.05) is 0 Å². The molecule has 1 aromatic carbocycles. The molecule has 0 radical (unpaired) electrons. The minimum Gasteiger partial charge on any atom is -0.479 e. The summed E-state index contributed by atoms with van der Waals surface area (Å²) in [4.78, 5) is 10.6. The average Bonchev–Trinajstić information content (AvgIpc) is 2.26. The molecular formula is C11H11F4NO3. The number of halogens is 4. The molecule has 1 atom stereocenters. The lowest BCUT2D eigenvalue weighted by atomic mass is 10.1. The zero-order chi connectivity index (χ0) is 14.8. The van der Waals surface area contributed by atoms with Crippen LogP contribution in [0.5, 0.6) is 0 Å². The summed E-state index contributed by atoms with van der Waals surface area (Å²) >= 11 is 0. The molecule has 0 heterocycles. The fourth-order valence-corrected chi connectivity index (χ4v) is 1.18. The maximum atomic E-state index is 13.3. The Morgan fingerprint density at radius 3 is 2.42 bits per heavy atom. The molecule has 0 fully saturated rings. The van der Waals surface area contributed by atoms with Crippen molar-refractivity contribution < 1.29 is 32.6 Å². The van der Waals surface area contributed by atoms with Gasteiger partial charge in [0.1, 0.15) is 5.82 Å². The minimum atomic E-state index is -4.64. The van der Waals surface area contributed by atoms with Crippen LogP contribution in [0.25, 0.3) is 0 Å². The normalized spacial score (nSPS) is 14.8. The van der Waals surface area contributed by atoms with E-state index in [4.69, 9.17) is 5.11 Å². The third kappa shape index (κ3) is 3.82. The summed E-state index contributed by atoms with van der Waals surface area (Å²) in [6.07, 6.45) is -4.64. The predicted molar refractivity (Wildman–Crippen MR) is 58.2 cm³/mol. The molecule has 1 unspecified atom stereocenters. The van der Waals surface area contributed by atoms with Crippen LogP contribution in [0.4, 0.5) is 23.2 Å². The summed E-state index contributed by atoms with van der Waals surface area (Å²) in [5.41, 5.74) is -3.83. The van der Waals surface area contributed by atoms with E-state index >= 15 is 0 Å². The molecule has 0 aliphatic carbocycles. The number of aliphatic carboxylic acids is 1. The van der Waals surface area contributed by atoms with Crippen molar-refractivity contribution in [3.63, 3.8) is 0 Å². The van der Waals surface area contributed by atoms with Gasteiger partial charge in [-0.25, -0.2) is 9.18 Å². The molecule has 0 bridgehead atoms. The van der Waals surface area contributed by atoms with Crippen LogP contribution in [0, 0.1) is 5.82 Å². The third-order valence-corrected chi connectivity index (χ3v) is 2.38. The van der Waals surface area contributed by atoms with Crippen LogP contribution in [0.2, 0.25) is 0 Å². The molecule has 0 amide bonds. The van der Waals surface area contributed by atoms with Crippen LogP contribution >= 0.6 is 0 Å². The number of anilines is 1. The summed E-state index contributed by atoms with van der Waals surface area (Å²) in [6, 6.07) is 1.68. The van der Waals surface area contributed by atoms with Crippen LogP contribution in [-0.2, 0) is 11.0 Å². The topological polar surface area (TPSA) is 69.6 Å². The second-order valence-corrected chi connectivity index (χ2v) is 4.12. The summed E-state index contributed by atoms with van der Waals surface area (Å²) in [5, 5.41) is 20.1. The van der Waals surface area contributed by atoms with E-state index in [9.17, 15) is 27.5 Å². The van der Waals surface area contributed by atoms with Crippen molar-refractivity contribution in [2.75, 3.05) is 11.9 Å². The SMILES string of the molecule is CC(O)(CNc1cc(C(F)(F)F)ccc1F)C(=O)O. The molecule has 0 saturated carbocycles. The van der Waals surface area contributed by atoms with Gasteiger partial charge in [-0.2, -0.15) is 13.2 Å². The fraction of sp³-hybridized carbons (Fsp3) is 0.364. The van der Waals surface area contributed by atoms with Crippen molar-refractivity contribution >= 4 is 11.7 Å². The molecule has 19 heavy (non-hydrogen) atoms. The number of hydrogen-bond donors (Lipinski definition) is 3. The van der Waals surface area contributed by atoms with Crippen molar-refractivity contribution in [1.29, 1.82) is 0 Å². The lowest BCUT2D eigenvalue weighted by Crippen LogP contribution is -2.42. The van der Waals surface area contributed by atoms with Gasteiger partial charge in [-0.3, -0.25) is 0 Å². The van der Waals surface area contributed by atoms with Gasteiger partial charge in [0.05, 0.1) is 17.8 Å². The summed E-state index contributed by atoms with van der Waals surface area (Å²) in [7, 11) is 0. The van der Waals surface area contributed by atoms with Crippen LogP contribution in [0.3, 0.4) is 0 Å². The summed E-state index contributed by atoms with van der Waals surface area (Å²) in [6.45, 7) is 0.300. The van der Waals surface area contributed by atoms with Crippen molar-refractivity contribution in [1.82, 2.24) is 0 Å². The number of alkyl halides is 3. The van der Waals surface area contributed by atoms with E-state index in [-0.39, 0.29) is 0 Å². The maximum absolute atomic E-state index is 13.3. The van der Waals surface area contributed by atoms with Gasteiger partial charge in [0.25, 0.3) is 0 Å². The average molecular weight is 281 g/mol. The number of rotatable bonds is 4. The first kappa shape index (κ1) is 15.2. The monoisotopic (exact) mass is 281 g/mol. The highest BCUT2D eigenvalue weighted by Gasteiger charge is 2.32. The highest BCUT2D eigenvalue weighted by molar-refractivity contribution is 5.77. The van der Waals surface area contributed by atoms with Gasteiger partial charge < -0.3 is 15.5 Å². The van der Waals surface area contributed by atoms with Crippen LogP contribution in [0.1, 0.15) is 12.5 Å². The third-order valence-electron chi connectivity index (χ3n) is 2.38. The Morgan fingerprint density at radius 2 is 1.95 bits per heavy atom. The van der Waals surface area contributed by atoms with E-state index in [0.717, 1.165) is 6.92 Å². The second-order valence-electron chi connectivity index (χ2n) is 4.12. The molecule has 0 spiro atoms. The molecule has 1 aromatic rings. The van der Waals surface area contributed by atoms with Gasteiger partial charge in [0.2, 0.25) is 0 Å². The van der Waals surface area contributed by atoms with Crippen molar-refractivity contribution in [2.45, 2.75) is 18.7 Å². The standard InChI is InChI=1S/C11H11F4NO3/c1-10(19,9(17)18)5-16-8-4-6(11(13,14)15)2-3-7(8)12/h2-4,16,19H,5H2,1H3,(H,17,18). The lowest BCUT2D eigenvalue weighted by molar-refractivity contribution is -0.155. The van der Waals surface area contributed by atoms with E-state index < -0.39 is 41.4 Å². The Labute approximate surface area is 105 Å². The van der Waals surface area contributed by atoms with Crippen molar-refractivity contribution in [2.24, 2.45) is 0 Å². The predicted octanol–water partition coefficient (Wildman–Crippen LogP) is 2.09. The Kier molecular flexibility index (Phi) is 4.04. The van der Waals surface area contributed by atoms with E-state index in [1.807, 2.05) is 0 Å². The summed E-state index contributed by atoms with van der Waals surface area (Å²) < 4.78 is 50.5. The molecule has 0 aliphatic rings. The zero-order valence-corrected chi connectivity index (χ0v) is 9.75. The van der Waals surface area contributed by atoms with Gasteiger partial charge in [-0.15, -0.1) is 0 Å². The van der Waals surface area contributed by atoms with E-state index in [0.29, 0.717) is 18.2 Å². The quantitative estimate of drug-likeness (QED) is 0.739. The molecule has 0 aliphatic heterocycles. The zero-order valence-electron chi connectivity index (χ0n) is 9.75. The highest BCUT2D eigenvalue weighted by atomic mass is 19.4. The molecule has 0 saturated heterocycles. The first-order valence-electron chi connectivity index (χ1n) is 5.10. The number of aliphatic hydroxyl groups is 1. The van der Waals surface area contributed by atoms with Gasteiger partial charge >= 0.3 is 12.1 Å². The number of hydrogen-bond acceptors (Lipinski definition) is 3. The van der Waals surface area contributed by atoms with Crippen LogP contribution in [-0.4, -0.2) is 28.3 Å². The number of carboxylic acid groups (broad SMARTS) is 1. The molecule has 8 heteroatoms. The number of carbonyl (C=O) groups is 1. The van der Waals surface area contributed by atoms with E-state index in [1.54, 1.807) is 0 Å². The van der Waals surface area contributed by atoms with Crippen LogP contribution < -0.4 is 5.32 Å². The Morgan fingerprint density at radius 1 is 1.37 bits per heavy atom. The van der Waals surface area contributed by atoms with E-state index in [2.05, 4.69) is 5.32 Å². The lowest BCUT2D eigenvalue weighted by Gasteiger charge is -2.19. The second kappa shape index (κ2) is 5.04. The van der Waals surface area contributed by atoms with E-state index in [1.165, 1.54) is 0 Å². The molecule has 106 valence electrons.